The molecule has 1 fully saturated rings. The molecule has 0 radical (unpaired) electrons. The highest BCUT2D eigenvalue weighted by Crippen LogP contribution is 2.23. The Morgan fingerprint density at radius 3 is 2.37 bits per heavy atom. The predicted molar refractivity (Wildman–Crippen MR) is 144 cm³/mol. The third-order valence-corrected chi connectivity index (χ3v) is 6.52. The topological polar surface area (TPSA) is 78.9 Å². The van der Waals surface area contributed by atoms with E-state index in [1.165, 1.54) is 12.1 Å². The summed E-state index contributed by atoms with van der Waals surface area (Å²) in [6.45, 7) is 6.52. The van der Waals surface area contributed by atoms with Crippen LogP contribution in [0.25, 0.3) is 11.3 Å². The summed E-state index contributed by atoms with van der Waals surface area (Å²) >= 11 is 0. The Bertz CT molecular complexity index is 1230. The van der Waals surface area contributed by atoms with Crippen LogP contribution < -0.4 is 9.64 Å². The van der Waals surface area contributed by atoms with E-state index in [0.29, 0.717) is 32.6 Å². The highest BCUT2D eigenvalue weighted by Gasteiger charge is 2.26. The van der Waals surface area contributed by atoms with Crippen molar-refractivity contribution in [3.63, 3.8) is 0 Å². The van der Waals surface area contributed by atoms with Crippen molar-refractivity contribution in [1.29, 1.82) is 0 Å². The number of benzene rings is 2. The van der Waals surface area contributed by atoms with Crippen molar-refractivity contribution in [2.45, 2.75) is 26.8 Å². The zero-order valence-corrected chi connectivity index (χ0v) is 22.1. The first-order chi connectivity index (χ1) is 18.3. The minimum absolute atomic E-state index is 0.00201. The molecule has 2 aromatic carbocycles. The highest BCUT2D eigenvalue weighted by molar-refractivity contribution is 5.85. The van der Waals surface area contributed by atoms with Crippen molar-refractivity contribution in [1.82, 2.24) is 20.0 Å². The first-order valence-electron chi connectivity index (χ1n) is 12.9. The molecule has 2 heterocycles. The van der Waals surface area contributed by atoms with E-state index in [-0.39, 0.29) is 36.6 Å². The van der Waals surface area contributed by atoms with E-state index in [0.717, 1.165) is 28.4 Å². The van der Waals surface area contributed by atoms with Gasteiger partial charge in [0.15, 0.2) is 5.82 Å². The van der Waals surface area contributed by atoms with E-state index < -0.39 is 0 Å². The summed E-state index contributed by atoms with van der Waals surface area (Å²) in [4.78, 5) is 31.5. The smallest absolute Gasteiger partial charge is 0.242 e. The van der Waals surface area contributed by atoms with Crippen molar-refractivity contribution < 1.29 is 18.7 Å². The fourth-order valence-electron chi connectivity index (χ4n) is 4.40. The summed E-state index contributed by atoms with van der Waals surface area (Å²) in [5, 5.41) is 8.79. The maximum atomic E-state index is 13.3. The molecule has 1 aromatic heterocycles. The normalized spacial score (nSPS) is 13.5. The molecule has 8 nitrogen and oxygen atoms in total. The largest absolute Gasteiger partial charge is 0.497 e. The number of amides is 2. The average molecular weight is 520 g/mol. The minimum Gasteiger partial charge on any atom is -0.497 e. The highest BCUT2D eigenvalue weighted by atomic mass is 19.1. The molecule has 38 heavy (non-hydrogen) atoms. The SMILES string of the molecule is COc1cccc(-c2ccc(N3CCN(C(=O)CN(Cc4ccc(F)cc4)C(=O)CC(C)C)CC3)nn2)c1. The number of piperazine rings is 1. The van der Waals surface area contributed by atoms with E-state index >= 15 is 0 Å². The van der Waals surface area contributed by atoms with Crippen molar-refractivity contribution in [2.75, 3.05) is 44.7 Å². The van der Waals surface area contributed by atoms with Crippen LogP contribution in [0.2, 0.25) is 0 Å². The number of hydrogen-bond acceptors (Lipinski definition) is 6. The van der Waals surface area contributed by atoms with E-state index in [1.54, 1.807) is 29.0 Å². The number of anilines is 1. The van der Waals surface area contributed by atoms with E-state index in [2.05, 4.69) is 15.1 Å². The Morgan fingerprint density at radius 1 is 1.00 bits per heavy atom. The molecule has 9 heteroatoms. The standard InChI is InChI=1S/C29H34FN5O3/c1-21(2)17-28(36)35(19-22-7-9-24(30)10-8-22)20-29(37)34-15-13-33(14-16-34)27-12-11-26(31-32-27)23-5-4-6-25(18-23)38-3/h4-12,18,21H,13-17,19-20H2,1-3H3. The second kappa shape index (κ2) is 12.5. The van der Waals surface area contributed by atoms with Gasteiger partial charge in [-0.1, -0.05) is 38.1 Å². The van der Waals surface area contributed by atoms with Gasteiger partial charge >= 0.3 is 0 Å². The maximum Gasteiger partial charge on any atom is 0.242 e. The number of nitrogens with zero attached hydrogens (tertiary/aromatic N) is 5. The second-order valence-corrected chi connectivity index (χ2v) is 9.85. The van der Waals surface area contributed by atoms with Gasteiger partial charge in [0.05, 0.1) is 12.8 Å². The summed E-state index contributed by atoms with van der Waals surface area (Å²) in [6.07, 6.45) is 0.354. The quantitative estimate of drug-likeness (QED) is 0.425. The van der Waals surface area contributed by atoms with Crippen LogP contribution in [0.1, 0.15) is 25.8 Å². The Labute approximate surface area is 223 Å². The number of rotatable bonds is 9. The summed E-state index contributed by atoms with van der Waals surface area (Å²) in [5.74, 6) is 1.19. The van der Waals surface area contributed by atoms with Crippen molar-refractivity contribution in [2.24, 2.45) is 5.92 Å². The molecular weight excluding hydrogens is 485 g/mol. The van der Waals surface area contributed by atoms with Crippen molar-refractivity contribution in [3.8, 4) is 17.0 Å². The number of methoxy groups -OCH3 is 1. The van der Waals surface area contributed by atoms with Crippen LogP contribution >= 0.6 is 0 Å². The molecule has 1 aliphatic rings. The van der Waals surface area contributed by atoms with Gasteiger partial charge in [0, 0.05) is 44.7 Å². The van der Waals surface area contributed by atoms with Gasteiger partial charge in [-0.3, -0.25) is 9.59 Å². The lowest BCUT2D eigenvalue weighted by molar-refractivity contribution is -0.141. The molecule has 1 saturated heterocycles. The molecule has 0 spiro atoms. The lowest BCUT2D eigenvalue weighted by Gasteiger charge is -2.36. The molecule has 1 aliphatic heterocycles. The average Bonchev–Trinajstić information content (AvgIpc) is 2.93. The monoisotopic (exact) mass is 519 g/mol. The van der Waals surface area contributed by atoms with Gasteiger partial charge in [0.25, 0.3) is 0 Å². The zero-order chi connectivity index (χ0) is 27.1. The third kappa shape index (κ3) is 7.06. The number of aromatic nitrogens is 2. The van der Waals surface area contributed by atoms with Gasteiger partial charge < -0.3 is 19.4 Å². The van der Waals surface area contributed by atoms with Crippen LogP contribution in [0.5, 0.6) is 5.75 Å². The van der Waals surface area contributed by atoms with Crippen molar-refractivity contribution >= 4 is 17.6 Å². The van der Waals surface area contributed by atoms with Gasteiger partial charge in [-0.05, 0) is 47.9 Å². The minimum atomic E-state index is -0.331. The predicted octanol–water partition coefficient (Wildman–Crippen LogP) is 4.01. The molecule has 2 amide bonds. The first-order valence-corrected chi connectivity index (χ1v) is 12.9. The Hall–Kier alpha value is -4.01. The zero-order valence-electron chi connectivity index (χ0n) is 22.1. The van der Waals surface area contributed by atoms with E-state index in [9.17, 15) is 14.0 Å². The van der Waals surface area contributed by atoms with Gasteiger partial charge in [0.1, 0.15) is 18.1 Å². The van der Waals surface area contributed by atoms with E-state index in [4.69, 9.17) is 4.74 Å². The van der Waals surface area contributed by atoms with Crippen LogP contribution in [0.4, 0.5) is 10.2 Å². The number of halogens is 1. The second-order valence-electron chi connectivity index (χ2n) is 9.85. The number of carbonyl (C=O) groups is 2. The summed E-state index contributed by atoms with van der Waals surface area (Å²) in [6, 6.07) is 17.6. The molecule has 4 rings (SSSR count). The molecule has 0 atom stereocenters. The summed E-state index contributed by atoms with van der Waals surface area (Å²) < 4.78 is 18.6. The fraction of sp³-hybridized carbons (Fsp3) is 0.379. The third-order valence-electron chi connectivity index (χ3n) is 6.52. The fourth-order valence-corrected chi connectivity index (χ4v) is 4.40. The summed E-state index contributed by atoms with van der Waals surface area (Å²) in [5.41, 5.74) is 2.47. The molecule has 0 aliphatic carbocycles. The van der Waals surface area contributed by atoms with E-state index in [1.807, 2.05) is 50.2 Å². The Balaban J connectivity index is 1.35. The molecule has 200 valence electrons. The van der Waals surface area contributed by atoms with Crippen LogP contribution in [0, 0.1) is 11.7 Å². The van der Waals surface area contributed by atoms with Crippen LogP contribution in [-0.2, 0) is 16.1 Å². The number of hydrogen-bond donors (Lipinski definition) is 0. The van der Waals surface area contributed by atoms with Crippen molar-refractivity contribution in [3.05, 3.63) is 72.0 Å². The molecule has 3 aromatic rings. The van der Waals surface area contributed by atoms with Gasteiger partial charge in [0.2, 0.25) is 11.8 Å². The van der Waals surface area contributed by atoms with Gasteiger partial charge in [-0.15, -0.1) is 10.2 Å². The molecular formula is C29H34FN5O3. The lowest BCUT2D eigenvalue weighted by atomic mass is 10.1. The molecule has 0 unspecified atom stereocenters. The van der Waals surface area contributed by atoms with Gasteiger partial charge in [-0.2, -0.15) is 0 Å². The Kier molecular flexibility index (Phi) is 8.89. The van der Waals surface area contributed by atoms with Crippen LogP contribution in [-0.4, -0.2) is 71.6 Å². The Morgan fingerprint density at radius 2 is 1.74 bits per heavy atom. The van der Waals surface area contributed by atoms with Crippen LogP contribution in [0.15, 0.2) is 60.7 Å². The van der Waals surface area contributed by atoms with Gasteiger partial charge in [-0.25, -0.2) is 4.39 Å². The number of ether oxygens (including phenoxy) is 1. The lowest BCUT2D eigenvalue weighted by Crippen LogP contribution is -2.52. The molecule has 0 saturated carbocycles. The maximum absolute atomic E-state index is 13.3. The molecule has 0 bridgehead atoms. The summed E-state index contributed by atoms with van der Waals surface area (Å²) in [7, 11) is 1.63. The van der Waals surface area contributed by atoms with Crippen LogP contribution in [0.3, 0.4) is 0 Å². The molecule has 0 N–H and O–H groups in total. The number of carbonyl (C=O) groups excluding carboxylic acids is 2. The first kappa shape index (κ1) is 27.0.